The number of nitrogens with one attached hydrogen (secondary N) is 1. The Hall–Kier alpha value is -1.81. The molecule has 0 amide bonds. The maximum atomic E-state index is 5.67. The van der Waals surface area contributed by atoms with Gasteiger partial charge < -0.3 is 15.5 Å². The Bertz CT molecular complexity index is 491. The van der Waals surface area contributed by atoms with Crippen LogP contribution in [-0.2, 0) is 6.54 Å². The fourth-order valence-corrected chi connectivity index (χ4v) is 1.67. The summed E-state index contributed by atoms with van der Waals surface area (Å²) in [7, 11) is 1.65. The number of H-pyrrole nitrogens is 1. The predicted molar refractivity (Wildman–Crippen MR) is 63.2 cm³/mol. The van der Waals surface area contributed by atoms with Crippen LogP contribution in [0.25, 0.3) is 11.3 Å². The van der Waals surface area contributed by atoms with E-state index in [0.29, 0.717) is 6.54 Å². The number of imidazole rings is 1. The van der Waals surface area contributed by atoms with E-state index in [-0.39, 0.29) is 0 Å². The van der Waals surface area contributed by atoms with Crippen LogP contribution < -0.4 is 10.5 Å². The third-order valence-corrected chi connectivity index (χ3v) is 2.51. The van der Waals surface area contributed by atoms with Gasteiger partial charge in [0.25, 0.3) is 0 Å². The lowest BCUT2D eigenvalue weighted by Crippen LogP contribution is -2.00. The fourth-order valence-electron chi connectivity index (χ4n) is 1.67. The lowest BCUT2D eigenvalue weighted by Gasteiger charge is -2.08. The van der Waals surface area contributed by atoms with E-state index in [0.717, 1.165) is 28.4 Å². The molecule has 0 spiro atoms. The molecule has 2 aromatic rings. The van der Waals surface area contributed by atoms with E-state index in [4.69, 9.17) is 10.5 Å². The van der Waals surface area contributed by atoms with Crippen LogP contribution in [0.4, 0.5) is 0 Å². The molecule has 1 aromatic heterocycles. The largest absolute Gasteiger partial charge is 0.496 e. The van der Waals surface area contributed by atoms with Crippen LogP contribution in [0, 0.1) is 6.92 Å². The summed E-state index contributed by atoms with van der Waals surface area (Å²) in [4.78, 5) is 7.36. The zero-order valence-corrected chi connectivity index (χ0v) is 9.45. The Labute approximate surface area is 94.5 Å². The van der Waals surface area contributed by atoms with Crippen LogP contribution in [0.3, 0.4) is 0 Å². The molecule has 0 fully saturated rings. The van der Waals surface area contributed by atoms with E-state index < -0.39 is 0 Å². The van der Waals surface area contributed by atoms with Crippen molar-refractivity contribution in [1.29, 1.82) is 0 Å². The van der Waals surface area contributed by atoms with Crippen molar-refractivity contribution in [3.05, 3.63) is 35.8 Å². The zero-order valence-electron chi connectivity index (χ0n) is 9.45. The van der Waals surface area contributed by atoms with E-state index in [9.17, 15) is 0 Å². The SMILES string of the molecule is COc1ccc(-c2cnc(C)[nH]2)cc1CN. The van der Waals surface area contributed by atoms with Crippen LogP contribution >= 0.6 is 0 Å². The van der Waals surface area contributed by atoms with Crippen LogP contribution in [0.1, 0.15) is 11.4 Å². The lowest BCUT2D eigenvalue weighted by atomic mass is 10.1. The molecule has 1 heterocycles. The van der Waals surface area contributed by atoms with Crippen LogP contribution in [-0.4, -0.2) is 17.1 Å². The molecule has 0 saturated heterocycles. The Balaban J connectivity index is 2.43. The van der Waals surface area contributed by atoms with Gasteiger partial charge in [0.1, 0.15) is 11.6 Å². The van der Waals surface area contributed by atoms with Crippen molar-refractivity contribution in [3.63, 3.8) is 0 Å². The number of aromatic amines is 1. The molecular weight excluding hydrogens is 202 g/mol. The number of rotatable bonds is 3. The Morgan fingerprint density at radius 3 is 2.81 bits per heavy atom. The number of hydrogen-bond donors (Lipinski definition) is 2. The molecule has 4 nitrogen and oxygen atoms in total. The van der Waals surface area contributed by atoms with Crippen molar-refractivity contribution < 1.29 is 4.74 Å². The third kappa shape index (κ3) is 1.92. The molecule has 4 heteroatoms. The van der Waals surface area contributed by atoms with E-state index in [1.165, 1.54) is 0 Å². The monoisotopic (exact) mass is 217 g/mol. The van der Waals surface area contributed by atoms with Gasteiger partial charge in [0.05, 0.1) is 19.0 Å². The fraction of sp³-hybridized carbons (Fsp3) is 0.250. The highest BCUT2D eigenvalue weighted by molar-refractivity contribution is 5.61. The molecule has 0 aliphatic rings. The molecule has 2 rings (SSSR count). The number of benzene rings is 1. The molecule has 0 bridgehead atoms. The van der Waals surface area contributed by atoms with Crippen LogP contribution in [0.5, 0.6) is 5.75 Å². The van der Waals surface area contributed by atoms with Gasteiger partial charge in [-0.15, -0.1) is 0 Å². The smallest absolute Gasteiger partial charge is 0.123 e. The van der Waals surface area contributed by atoms with Gasteiger partial charge in [0.15, 0.2) is 0 Å². The van der Waals surface area contributed by atoms with Crippen LogP contribution in [0.2, 0.25) is 0 Å². The molecule has 3 N–H and O–H groups in total. The number of hydrogen-bond acceptors (Lipinski definition) is 3. The van der Waals surface area contributed by atoms with Gasteiger partial charge >= 0.3 is 0 Å². The second kappa shape index (κ2) is 4.37. The lowest BCUT2D eigenvalue weighted by molar-refractivity contribution is 0.410. The van der Waals surface area contributed by atoms with Crippen molar-refractivity contribution in [2.75, 3.05) is 7.11 Å². The minimum Gasteiger partial charge on any atom is -0.496 e. The summed E-state index contributed by atoms with van der Waals surface area (Å²) in [6.45, 7) is 2.39. The number of nitrogens with two attached hydrogens (primary N) is 1. The first-order valence-corrected chi connectivity index (χ1v) is 5.13. The van der Waals surface area contributed by atoms with Crippen molar-refractivity contribution >= 4 is 0 Å². The second-order valence-corrected chi connectivity index (χ2v) is 3.61. The summed E-state index contributed by atoms with van der Waals surface area (Å²) in [5, 5.41) is 0. The first-order chi connectivity index (χ1) is 7.74. The van der Waals surface area contributed by atoms with Gasteiger partial charge in [0.2, 0.25) is 0 Å². The molecule has 0 saturated carbocycles. The maximum absolute atomic E-state index is 5.67. The predicted octanol–water partition coefficient (Wildman–Crippen LogP) is 1.85. The van der Waals surface area contributed by atoms with Gasteiger partial charge in [0, 0.05) is 17.7 Å². The molecule has 0 aliphatic heterocycles. The normalized spacial score (nSPS) is 10.4. The Morgan fingerprint density at radius 1 is 1.44 bits per heavy atom. The Kier molecular flexibility index (Phi) is 2.92. The highest BCUT2D eigenvalue weighted by Crippen LogP contribution is 2.25. The van der Waals surface area contributed by atoms with Gasteiger partial charge in [-0.25, -0.2) is 4.98 Å². The average molecular weight is 217 g/mol. The summed E-state index contributed by atoms with van der Waals surface area (Å²) >= 11 is 0. The molecule has 0 aliphatic carbocycles. The standard InChI is InChI=1S/C12H15N3O/c1-8-14-7-11(15-8)9-3-4-12(16-2)10(5-9)6-13/h3-5,7H,6,13H2,1-2H3,(H,14,15). The van der Waals surface area contributed by atoms with Crippen molar-refractivity contribution in [1.82, 2.24) is 9.97 Å². The van der Waals surface area contributed by atoms with Crippen molar-refractivity contribution in [2.24, 2.45) is 5.73 Å². The number of methoxy groups -OCH3 is 1. The number of aryl methyl sites for hydroxylation is 1. The Morgan fingerprint density at radius 2 is 2.25 bits per heavy atom. The summed E-state index contributed by atoms with van der Waals surface area (Å²) in [6.07, 6.45) is 1.82. The molecule has 0 atom stereocenters. The number of aromatic nitrogens is 2. The molecular formula is C12H15N3O. The summed E-state index contributed by atoms with van der Waals surface area (Å²) in [5.41, 5.74) is 8.73. The second-order valence-electron chi connectivity index (χ2n) is 3.61. The first-order valence-electron chi connectivity index (χ1n) is 5.13. The van der Waals surface area contributed by atoms with Crippen molar-refractivity contribution in [2.45, 2.75) is 13.5 Å². The van der Waals surface area contributed by atoms with E-state index in [2.05, 4.69) is 9.97 Å². The molecule has 16 heavy (non-hydrogen) atoms. The summed E-state index contributed by atoms with van der Waals surface area (Å²) in [6, 6.07) is 5.93. The maximum Gasteiger partial charge on any atom is 0.123 e. The third-order valence-electron chi connectivity index (χ3n) is 2.51. The van der Waals surface area contributed by atoms with Gasteiger partial charge in [-0.3, -0.25) is 0 Å². The highest BCUT2D eigenvalue weighted by Gasteiger charge is 2.05. The summed E-state index contributed by atoms with van der Waals surface area (Å²) in [5.74, 6) is 1.72. The topological polar surface area (TPSA) is 63.9 Å². The molecule has 84 valence electrons. The average Bonchev–Trinajstić information content (AvgIpc) is 2.75. The van der Waals surface area contributed by atoms with Gasteiger partial charge in [-0.05, 0) is 25.1 Å². The van der Waals surface area contributed by atoms with Gasteiger partial charge in [-0.1, -0.05) is 0 Å². The van der Waals surface area contributed by atoms with E-state index in [1.807, 2.05) is 31.3 Å². The minimum atomic E-state index is 0.462. The highest BCUT2D eigenvalue weighted by atomic mass is 16.5. The van der Waals surface area contributed by atoms with E-state index >= 15 is 0 Å². The van der Waals surface area contributed by atoms with Crippen LogP contribution in [0.15, 0.2) is 24.4 Å². The molecule has 0 radical (unpaired) electrons. The minimum absolute atomic E-state index is 0.462. The first kappa shape index (κ1) is 10.7. The summed E-state index contributed by atoms with van der Waals surface area (Å²) < 4.78 is 5.23. The van der Waals surface area contributed by atoms with Crippen molar-refractivity contribution in [3.8, 4) is 17.0 Å². The quantitative estimate of drug-likeness (QED) is 0.824. The number of nitrogens with zero attached hydrogens (tertiary/aromatic N) is 1. The van der Waals surface area contributed by atoms with E-state index in [1.54, 1.807) is 7.11 Å². The van der Waals surface area contributed by atoms with Gasteiger partial charge in [-0.2, -0.15) is 0 Å². The molecule has 0 unspecified atom stereocenters. The number of ether oxygens (including phenoxy) is 1. The zero-order chi connectivity index (χ0) is 11.5. The molecule has 1 aromatic carbocycles.